The van der Waals surface area contributed by atoms with Crippen LogP contribution in [0.25, 0.3) is 0 Å². The van der Waals surface area contributed by atoms with Crippen LogP contribution in [0, 0.1) is 5.82 Å². The van der Waals surface area contributed by atoms with Crippen molar-refractivity contribution in [3.63, 3.8) is 0 Å². The summed E-state index contributed by atoms with van der Waals surface area (Å²) in [6.45, 7) is 0.831. The van der Waals surface area contributed by atoms with Gasteiger partial charge in [-0.15, -0.1) is 0 Å². The molecule has 6 nitrogen and oxygen atoms in total. The second kappa shape index (κ2) is 9.51. The Morgan fingerprint density at radius 3 is 2.69 bits per heavy atom. The van der Waals surface area contributed by atoms with Crippen LogP contribution in [0.3, 0.4) is 0 Å². The number of hydrogen-bond donors (Lipinski definition) is 1. The van der Waals surface area contributed by atoms with Crippen LogP contribution >= 0.6 is 0 Å². The van der Waals surface area contributed by atoms with Crippen molar-refractivity contribution in [2.75, 3.05) is 25.6 Å². The average Bonchev–Trinajstić information content (AvgIpc) is 2.96. The summed E-state index contributed by atoms with van der Waals surface area (Å²) >= 11 is 0. The standard InChI is InChI=1S/C25H23FN2O4/c1-31-22-5-3-2-4-17(22)12-13-28-15-19-14-21(10-11-23(19)32-16-24(28)29)27-25(30)18-6-8-20(26)9-7-18/h2-11,14H,12-13,15-16H2,1H3,(H,27,30). The monoisotopic (exact) mass is 434 g/mol. The van der Waals surface area contributed by atoms with Crippen molar-refractivity contribution in [2.24, 2.45) is 0 Å². The molecule has 164 valence electrons. The minimum atomic E-state index is -0.401. The third kappa shape index (κ3) is 4.88. The van der Waals surface area contributed by atoms with E-state index in [0.717, 1.165) is 16.9 Å². The Labute approximate surface area is 185 Å². The SMILES string of the molecule is COc1ccccc1CCN1Cc2cc(NC(=O)c3ccc(F)cc3)ccc2OCC1=O. The first-order valence-corrected chi connectivity index (χ1v) is 10.3. The molecule has 7 heteroatoms. The number of carbonyl (C=O) groups is 2. The summed E-state index contributed by atoms with van der Waals surface area (Å²) in [5.41, 5.74) is 2.74. The summed E-state index contributed by atoms with van der Waals surface area (Å²) in [6.07, 6.45) is 0.645. The van der Waals surface area contributed by atoms with E-state index in [4.69, 9.17) is 9.47 Å². The highest BCUT2D eigenvalue weighted by Crippen LogP contribution is 2.28. The zero-order valence-electron chi connectivity index (χ0n) is 17.6. The minimum absolute atomic E-state index is 0.0415. The van der Waals surface area contributed by atoms with Gasteiger partial charge in [-0.3, -0.25) is 9.59 Å². The number of rotatable bonds is 6. The maximum Gasteiger partial charge on any atom is 0.260 e. The molecule has 0 saturated carbocycles. The highest BCUT2D eigenvalue weighted by Gasteiger charge is 2.22. The number of hydrogen-bond acceptors (Lipinski definition) is 4. The molecule has 1 aliphatic rings. The molecule has 2 amide bonds. The average molecular weight is 434 g/mol. The number of methoxy groups -OCH3 is 1. The molecule has 0 aliphatic carbocycles. The van der Waals surface area contributed by atoms with Gasteiger partial charge >= 0.3 is 0 Å². The van der Waals surface area contributed by atoms with Crippen LogP contribution in [0.5, 0.6) is 11.5 Å². The molecular formula is C25H23FN2O4. The molecule has 0 saturated heterocycles. The van der Waals surface area contributed by atoms with Crippen LogP contribution in [0.4, 0.5) is 10.1 Å². The highest BCUT2D eigenvalue weighted by atomic mass is 19.1. The fourth-order valence-corrected chi connectivity index (χ4v) is 3.62. The molecule has 3 aromatic carbocycles. The fourth-order valence-electron chi connectivity index (χ4n) is 3.62. The molecule has 1 N–H and O–H groups in total. The van der Waals surface area contributed by atoms with Gasteiger partial charge in [-0.1, -0.05) is 18.2 Å². The van der Waals surface area contributed by atoms with Gasteiger partial charge in [-0.25, -0.2) is 4.39 Å². The summed E-state index contributed by atoms with van der Waals surface area (Å²) in [4.78, 5) is 26.8. The first-order valence-electron chi connectivity index (χ1n) is 10.3. The Kier molecular flexibility index (Phi) is 6.35. The van der Waals surface area contributed by atoms with E-state index in [2.05, 4.69) is 5.32 Å². The first-order chi connectivity index (χ1) is 15.5. The summed E-state index contributed by atoms with van der Waals surface area (Å²) in [7, 11) is 1.63. The van der Waals surface area contributed by atoms with Crippen molar-refractivity contribution in [1.82, 2.24) is 4.90 Å². The number of nitrogens with zero attached hydrogens (tertiary/aromatic N) is 1. The van der Waals surface area contributed by atoms with Crippen molar-refractivity contribution >= 4 is 17.5 Å². The van der Waals surface area contributed by atoms with Crippen LogP contribution in [0.2, 0.25) is 0 Å². The van der Waals surface area contributed by atoms with E-state index in [1.165, 1.54) is 24.3 Å². The van der Waals surface area contributed by atoms with Gasteiger partial charge in [0.1, 0.15) is 17.3 Å². The molecule has 4 rings (SSSR count). The number of para-hydroxylation sites is 1. The molecule has 0 atom stereocenters. The number of ether oxygens (including phenoxy) is 2. The lowest BCUT2D eigenvalue weighted by Crippen LogP contribution is -2.34. The molecule has 0 aromatic heterocycles. The number of amides is 2. The van der Waals surface area contributed by atoms with Gasteiger partial charge in [0.15, 0.2) is 6.61 Å². The number of carbonyl (C=O) groups excluding carboxylic acids is 2. The highest BCUT2D eigenvalue weighted by molar-refractivity contribution is 6.04. The second-order valence-corrected chi connectivity index (χ2v) is 7.45. The summed E-state index contributed by atoms with van der Waals surface area (Å²) in [5, 5.41) is 2.81. The summed E-state index contributed by atoms with van der Waals surface area (Å²) < 4.78 is 24.2. The molecule has 0 fully saturated rings. The van der Waals surface area contributed by atoms with E-state index in [1.54, 1.807) is 30.2 Å². The van der Waals surface area contributed by atoms with Crippen LogP contribution in [0.1, 0.15) is 21.5 Å². The smallest absolute Gasteiger partial charge is 0.260 e. The van der Waals surface area contributed by atoms with Crippen LogP contribution in [-0.2, 0) is 17.8 Å². The maximum absolute atomic E-state index is 13.1. The van der Waals surface area contributed by atoms with Crippen LogP contribution in [-0.4, -0.2) is 37.0 Å². The van der Waals surface area contributed by atoms with E-state index in [-0.39, 0.29) is 18.4 Å². The lowest BCUT2D eigenvalue weighted by Gasteiger charge is -2.21. The van der Waals surface area contributed by atoms with E-state index in [0.29, 0.717) is 36.5 Å². The topological polar surface area (TPSA) is 67.9 Å². The molecule has 0 unspecified atom stereocenters. The number of anilines is 1. The number of fused-ring (bicyclic) bond motifs is 1. The molecule has 1 heterocycles. The molecule has 0 bridgehead atoms. The summed E-state index contributed by atoms with van der Waals surface area (Å²) in [6, 6.07) is 18.3. The van der Waals surface area contributed by atoms with Crippen molar-refractivity contribution in [1.29, 1.82) is 0 Å². The van der Waals surface area contributed by atoms with Crippen molar-refractivity contribution < 1.29 is 23.5 Å². The quantitative estimate of drug-likeness (QED) is 0.636. The Morgan fingerprint density at radius 2 is 1.91 bits per heavy atom. The van der Waals surface area contributed by atoms with E-state index in [9.17, 15) is 14.0 Å². The van der Waals surface area contributed by atoms with Crippen LogP contribution < -0.4 is 14.8 Å². The van der Waals surface area contributed by atoms with Gasteiger partial charge in [-0.05, 0) is 60.5 Å². The third-order valence-corrected chi connectivity index (χ3v) is 5.33. The normalized spacial score (nSPS) is 13.1. The van der Waals surface area contributed by atoms with Gasteiger partial charge in [0.05, 0.1) is 7.11 Å². The fraction of sp³-hybridized carbons (Fsp3) is 0.200. The van der Waals surface area contributed by atoms with Crippen molar-refractivity contribution in [3.05, 3.63) is 89.2 Å². The Morgan fingerprint density at radius 1 is 1.12 bits per heavy atom. The van der Waals surface area contributed by atoms with Crippen LogP contribution in [0.15, 0.2) is 66.7 Å². The van der Waals surface area contributed by atoms with Gasteiger partial charge in [0, 0.05) is 29.9 Å². The molecule has 3 aromatic rings. The first kappa shape index (κ1) is 21.4. The third-order valence-electron chi connectivity index (χ3n) is 5.33. The number of benzene rings is 3. The van der Waals surface area contributed by atoms with Gasteiger partial charge < -0.3 is 19.7 Å². The largest absolute Gasteiger partial charge is 0.496 e. The summed E-state index contributed by atoms with van der Waals surface area (Å²) in [5.74, 6) is 0.549. The second-order valence-electron chi connectivity index (χ2n) is 7.45. The zero-order valence-corrected chi connectivity index (χ0v) is 17.6. The Hall–Kier alpha value is -3.87. The van der Waals surface area contributed by atoms with Gasteiger partial charge in [-0.2, -0.15) is 0 Å². The lowest BCUT2D eigenvalue weighted by atomic mass is 10.1. The molecular weight excluding hydrogens is 411 g/mol. The van der Waals surface area contributed by atoms with Gasteiger partial charge in [0.25, 0.3) is 11.8 Å². The number of nitrogens with one attached hydrogen (secondary N) is 1. The molecule has 0 spiro atoms. The number of halogens is 1. The van der Waals surface area contributed by atoms with Crippen molar-refractivity contribution in [2.45, 2.75) is 13.0 Å². The van der Waals surface area contributed by atoms with E-state index < -0.39 is 5.82 Å². The molecule has 32 heavy (non-hydrogen) atoms. The molecule has 0 radical (unpaired) electrons. The van der Waals surface area contributed by atoms with E-state index >= 15 is 0 Å². The molecule has 1 aliphatic heterocycles. The van der Waals surface area contributed by atoms with Crippen molar-refractivity contribution in [3.8, 4) is 11.5 Å². The zero-order chi connectivity index (χ0) is 22.5. The maximum atomic E-state index is 13.1. The lowest BCUT2D eigenvalue weighted by molar-refractivity contribution is -0.133. The minimum Gasteiger partial charge on any atom is -0.496 e. The predicted molar refractivity (Wildman–Crippen MR) is 118 cm³/mol. The predicted octanol–water partition coefficient (Wildman–Crippen LogP) is 4.05. The van der Waals surface area contributed by atoms with E-state index in [1.807, 2.05) is 24.3 Å². The Bertz CT molecular complexity index is 1130. The Balaban J connectivity index is 1.48. The van der Waals surface area contributed by atoms with Gasteiger partial charge in [0.2, 0.25) is 0 Å².